The highest BCUT2D eigenvalue weighted by Crippen LogP contribution is 2.30. The minimum absolute atomic E-state index is 0.0111. The third kappa shape index (κ3) is 2.53. The van der Waals surface area contributed by atoms with E-state index in [4.69, 9.17) is 16.6 Å². The Morgan fingerprint density at radius 2 is 1.91 bits per heavy atom. The van der Waals surface area contributed by atoms with Crippen LogP contribution in [-0.2, 0) is 4.79 Å². The maximum absolute atomic E-state index is 12.6. The Kier molecular flexibility index (Phi) is 3.99. The number of carbonyl (C=O) groups excluding carboxylic acids is 1. The van der Waals surface area contributed by atoms with Gasteiger partial charge >= 0.3 is 0 Å². The molecule has 0 aromatic heterocycles. The van der Waals surface area contributed by atoms with Crippen LogP contribution in [0.3, 0.4) is 0 Å². The summed E-state index contributed by atoms with van der Waals surface area (Å²) in [5.74, 6) is 0.0111. The highest BCUT2D eigenvalue weighted by Gasteiger charge is 2.28. The van der Waals surface area contributed by atoms with Crippen molar-refractivity contribution in [2.75, 3.05) is 11.9 Å². The predicted octanol–water partition coefficient (Wildman–Crippen LogP) is 3.93. The van der Waals surface area contributed by atoms with Crippen molar-refractivity contribution in [3.63, 3.8) is 0 Å². The van der Waals surface area contributed by atoms with Crippen LogP contribution in [-0.4, -0.2) is 24.7 Å². The lowest BCUT2D eigenvalue weighted by atomic mass is 10.0. The Balaban J connectivity index is 2.27. The Morgan fingerprint density at radius 1 is 1.18 bits per heavy atom. The lowest BCUT2D eigenvalue weighted by Crippen LogP contribution is -2.34. The monoisotopic (exact) mass is 312 g/mol. The molecule has 0 bridgehead atoms. The molecule has 0 spiro atoms. The second-order valence-corrected chi connectivity index (χ2v) is 5.76. The van der Waals surface area contributed by atoms with Crippen molar-refractivity contribution in [2.24, 2.45) is 4.99 Å². The van der Waals surface area contributed by atoms with Gasteiger partial charge in [0.1, 0.15) is 6.04 Å². The molecule has 2 aromatic carbocycles. The first-order valence-corrected chi connectivity index (χ1v) is 7.70. The number of rotatable bonds is 2. The highest BCUT2D eigenvalue weighted by molar-refractivity contribution is 6.32. The van der Waals surface area contributed by atoms with Gasteiger partial charge in [0.05, 0.1) is 11.4 Å². The van der Waals surface area contributed by atoms with E-state index in [1.54, 1.807) is 18.0 Å². The van der Waals surface area contributed by atoms with Crippen molar-refractivity contribution < 1.29 is 4.79 Å². The van der Waals surface area contributed by atoms with Gasteiger partial charge in [0.15, 0.2) is 0 Å². The molecule has 1 aliphatic heterocycles. The van der Waals surface area contributed by atoms with E-state index >= 15 is 0 Å². The van der Waals surface area contributed by atoms with E-state index in [9.17, 15) is 4.79 Å². The number of aliphatic imine (C=N–C) groups is 1. The number of benzene rings is 2. The maximum Gasteiger partial charge on any atom is 0.251 e. The third-order valence-electron chi connectivity index (χ3n) is 3.91. The molecular formula is C18H17ClN2O. The van der Waals surface area contributed by atoms with Crippen LogP contribution in [0.1, 0.15) is 24.5 Å². The molecule has 4 heteroatoms. The summed E-state index contributed by atoms with van der Waals surface area (Å²) in [7, 11) is 1.79. The van der Waals surface area contributed by atoms with Crippen molar-refractivity contribution in [1.29, 1.82) is 0 Å². The zero-order valence-corrected chi connectivity index (χ0v) is 13.3. The van der Waals surface area contributed by atoms with Gasteiger partial charge < -0.3 is 4.90 Å². The van der Waals surface area contributed by atoms with Gasteiger partial charge in [-0.15, -0.1) is 0 Å². The van der Waals surface area contributed by atoms with Crippen LogP contribution in [0, 0.1) is 0 Å². The average molecular weight is 313 g/mol. The number of hydrogen-bond acceptors (Lipinski definition) is 2. The van der Waals surface area contributed by atoms with Gasteiger partial charge in [0, 0.05) is 23.2 Å². The number of likely N-dealkylation sites (N-methyl/N-ethyl adjacent to an activating group) is 1. The van der Waals surface area contributed by atoms with E-state index < -0.39 is 0 Å². The Bertz CT molecular complexity index is 740. The van der Waals surface area contributed by atoms with Crippen molar-refractivity contribution in [3.8, 4) is 0 Å². The molecule has 0 saturated carbocycles. The Morgan fingerprint density at radius 3 is 2.59 bits per heavy atom. The molecule has 0 fully saturated rings. The number of nitrogens with zero attached hydrogens (tertiary/aromatic N) is 2. The van der Waals surface area contributed by atoms with E-state index in [0.29, 0.717) is 11.4 Å². The molecular weight excluding hydrogens is 296 g/mol. The topological polar surface area (TPSA) is 32.7 Å². The summed E-state index contributed by atoms with van der Waals surface area (Å²) >= 11 is 6.18. The second kappa shape index (κ2) is 5.93. The largest absolute Gasteiger partial charge is 0.313 e. The van der Waals surface area contributed by atoms with E-state index in [1.165, 1.54) is 0 Å². The standard InChI is InChI=1S/C18H17ClN2O/c1-3-15-18(22)21(2)16-10-9-13(19)11-14(16)17(20-15)12-7-5-4-6-8-12/h4-11,15H,3H2,1-2H3. The highest BCUT2D eigenvalue weighted by atomic mass is 35.5. The van der Waals surface area contributed by atoms with Crippen LogP contribution >= 0.6 is 11.6 Å². The first-order valence-electron chi connectivity index (χ1n) is 7.32. The van der Waals surface area contributed by atoms with Crippen molar-refractivity contribution in [1.82, 2.24) is 0 Å². The van der Waals surface area contributed by atoms with Gasteiger partial charge in [0.2, 0.25) is 0 Å². The quantitative estimate of drug-likeness (QED) is 0.827. The molecule has 0 N–H and O–H groups in total. The van der Waals surface area contributed by atoms with E-state index in [-0.39, 0.29) is 11.9 Å². The van der Waals surface area contributed by atoms with Crippen LogP contribution in [0.5, 0.6) is 0 Å². The van der Waals surface area contributed by atoms with Gasteiger partial charge in [-0.1, -0.05) is 48.9 Å². The molecule has 1 amide bonds. The van der Waals surface area contributed by atoms with Crippen LogP contribution in [0.2, 0.25) is 5.02 Å². The minimum atomic E-state index is -0.369. The fraction of sp³-hybridized carbons (Fsp3) is 0.222. The molecule has 1 aliphatic rings. The molecule has 1 atom stereocenters. The zero-order chi connectivity index (χ0) is 15.7. The van der Waals surface area contributed by atoms with Gasteiger partial charge in [-0.2, -0.15) is 0 Å². The van der Waals surface area contributed by atoms with Gasteiger partial charge in [0.25, 0.3) is 5.91 Å². The molecule has 2 aromatic rings. The number of benzodiazepines with no additional fused rings is 1. The lowest BCUT2D eigenvalue weighted by Gasteiger charge is -2.20. The molecule has 112 valence electrons. The molecule has 22 heavy (non-hydrogen) atoms. The van der Waals surface area contributed by atoms with Crippen LogP contribution in [0.15, 0.2) is 53.5 Å². The van der Waals surface area contributed by atoms with Crippen molar-refractivity contribution >= 4 is 28.9 Å². The summed E-state index contributed by atoms with van der Waals surface area (Å²) < 4.78 is 0. The van der Waals surface area contributed by atoms with Gasteiger partial charge in [-0.05, 0) is 24.6 Å². The molecule has 1 heterocycles. The van der Waals surface area contributed by atoms with E-state index in [1.807, 2.05) is 49.4 Å². The number of amides is 1. The molecule has 3 nitrogen and oxygen atoms in total. The lowest BCUT2D eigenvalue weighted by molar-refractivity contribution is -0.119. The molecule has 0 saturated heterocycles. The zero-order valence-electron chi connectivity index (χ0n) is 12.6. The summed E-state index contributed by atoms with van der Waals surface area (Å²) in [4.78, 5) is 19.0. The molecule has 0 aliphatic carbocycles. The van der Waals surface area contributed by atoms with E-state index in [0.717, 1.165) is 22.5 Å². The first kappa shape index (κ1) is 14.8. The summed E-state index contributed by atoms with van der Waals surface area (Å²) in [6.07, 6.45) is 0.668. The number of anilines is 1. The summed E-state index contributed by atoms with van der Waals surface area (Å²) in [5, 5.41) is 0.637. The number of fused-ring (bicyclic) bond motifs is 1. The Hall–Kier alpha value is -2.13. The van der Waals surface area contributed by atoms with Crippen LogP contribution < -0.4 is 4.90 Å². The smallest absolute Gasteiger partial charge is 0.251 e. The van der Waals surface area contributed by atoms with Crippen molar-refractivity contribution in [3.05, 3.63) is 64.7 Å². The summed E-state index contributed by atoms with van der Waals surface area (Å²) in [5.41, 5.74) is 3.55. The third-order valence-corrected chi connectivity index (χ3v) is 4.14. The van der Waals surface area contributed by atoms with Crippen LogP contribution in [0.25, 0.3) is 0 Å². The maximum atomic E-state index is 12.6. The van der Waals surface area contributed by atoms with Crippen LogP contribution in [0.4, 0.5) is 5.69 Å². The fourth-order valence-electron chi connectivity index (χ4n) is 2.71. The SMILES string of the molecule is CCC1N=C(c2ccccc2)c2cc(Cl)ccc2N(C)C1=O. The number of halogens is 1. The van der Waals surface area contributed by atoms with E-state index in [2.05, 4.69) is 0 Å². The first-order chi connectivity index (χ1) is 10.6. The molecule has 3 rings (SSSR count). The Labute approximate surface area is 135 Å². The predicted molar refractivity (Wildman–Crippen MR) is 91.0 cm³/mol. The molecule has 0 radical (unpaired) electrons. The van der Waals surface area contributed by atoms with Gasteiger partial charge in [-0.25, -0.2) is 0 Å². The molecule has 1 unspecified atom stereocenters. The average Bonchev–Trinajstić information content (AvgIpc) is 2.64. The summed E-state index contributed by atoms with van der Waals surface area (Å²) in [6, 6.07) is 15.1. The minimum Gasteiger partial charge on any atom is -0.313 e. The van der Waals surface area contributed by atoms with Gasteiger partial charge in [-0.3, -0.25) is 9.79 Å². The van der Waals surface area contributed by atoms with Crippen molar-refractivity contribution in [2.45, 2.75) is 19.4 Å². The fourth-order valence-corrected chi connectivity index (χ4v) is 2.88. The summed E-state index contributed by atoms with van der Waals surface area (Å²) in [6.45, 7) is 1.98. The number of carbonyl (C=O) groups is 1. The normalized spacial score (nSPS) is 17.8. The second-order valence-electron chi connectivity index (χ2n) is 5.33. The number of hydrogen-bond donors (Lipinski definition) is 0.